The van der Waals surface area contributed by atoms with Crippen LogP contribution in [0.3, 0.4) is 0 Å². The lowest BCUT2D eigenvalue weighted by atomic mass is 10.1. The molecule has 0 saturated heterocycles. The SMILES string of the molecule is CCOc1ccccc1CCNC(=O)N(C)CC(C)O. The van der Waals surface area contributed by atoms with Crippen LogP contribution in [0.5, 0.6) is 5.75 Å². The maximum absolute atomic E-state index is 11.8. The highest BCUT2D eigenvalue weighted by atomic mass is 16.5. The van der Waals surface area contributed by atoms with Crippen molar-refractivity contribution in [2.75, 3.05) is 26.7 Å². The number of urea groups is 1. The number of benzene rings is 1. The lowest BCUT2D eigenvalue weighted by Gasteiger charge is -2.19. The summed E-state index contributed by atoms with van der Waals surface area (Å²) >= 11 is 0. The minimum Gasteiger partial charge on any atom is -0.494 e. The van der Waals surface area contributed by atoms with Crippen LogP contribution in [-0.4, -0.2) is 48.9 Å². The second kappa shape index (κ2) is 8.43. The number of hydrogen-bond acceptors (Lipinski definition) is 3. The molecular formula is C15H24N2O3. The highest BCUT2D eigenvalue weighted by Crippen LogP contribution is 2.17. The van der Waals surface area contributed by atoms with Crippen molar-refractivity contribution in [1.29, 1.82) is 0 Å². The Balaban J connectivity index is 2.42. The van der Waals surface area contributed by atoms with Gasteiger partial charge in [0, 0.05) is 20.1 Å². The van der Waals surface area contributed by atoms with E-state index in [4.69, 9.17) is 4.74 Å². The summed E-state index contributed by atoms with van der Waals surface area (Å²) in [7, 11) is 1.66. The summed E-state index contributed by atoms with van der Waals surface area (Å²) in [4.78, 5) is 13.2. The first-order valence-electron chi connectivity index (χ1n) is 6.92. The molecule has 0 fully saturated rings. The molecule has 1 rings (SSSR count). The molecule has 1 aromatic carbocycles. The van der Waals surface area contributed by atoms with Crippen LogP contribution in [-0.2, 0) is 6.42 Å². The number of ether oxygens (including phenoxy) is 1. The van der Waals surface area contributed by atoms with Crippen molar-refractivity contribution >= 4 is 6.03 Å². The Labute approximate surface area is 120 Å². The molecular weight excluding hydrogens is 256 g/mol. The van der Waals surface area contributed by atoms with E-state index in [1.807, 2.05) is 31.2 Å². The average Bonchev–Trinajstić information content (AvgIpc) is 2.40. The molecule has 0 aromatic heterocycles. The van der Waals surface area contributed by atoms with Crippen molar-refractivity contribution < 1.29 is 14.6 Å². The summed E-state index contributed by atoms with van der Waals surface area (Å²) in [5, 5.41) is 12.1. The second-order valence-corrected chi connectivity index (χ2v) is 4.75. The first-order chi connectivity index (χ1) is 9.54. The van der Waals surface area contributed by atoms with Crippen LogP contribution < -0.4 is 10.1 Å². The zero-order chi connectivity index (χ0) is 15.0. The summed E-state index contributed by atoms with van der Waals surface area (Å²) in [6.07, 6.45) is 0.189. The largest absolute Gasteiger partial charge is 0.494 e. The topological polar surface area (TPSA) is 61.8 Å². The molecule has 5 heteroatoms. The van der Waals surface area contributed by atoms with Gasteiger partial charge >= 0.3 is 6.03 Å². The summed E-state index contributed by atoms with van der Waals surface area (Å²) in [5.41, 5.74) is 1.08. The number of aliphatic hydroxyl groups excluding tert-OH is 1. The summed E-state index contributed by atoms with van der Waals surface area (Å²) in [5.74, 6) is 0.863. The van der Waals surface area contributed by atoms with Gasteiger partial charge in [-0.3, -0.25) is 0 Å². The minimum atomic E-state index is -0.524. The molecule has 0 bridgehead atoms. The van der Waals surface area contributed by atoms with E-state index < -0.39 is 6.10 Å². The van der Waals surface area contributed by atoms with E-state index in [1.54, 1.807) is 14.0 Å². The average molecular weight is 280 g/mol. The predicted octanol–water partition coefficient (Wildman–Crippen LogP) is 1.65. The van der Waals surface area contributed by atoms with Gasteiger partial charge in [0.05, 0.1) is 12.7 Å². The quantitative estimate of drug-likeness (QED) is 0.798. The molecule has 0 aliphatic heterocycles. The maximum Gasteiger partial charge on any atom is 0.317 e. The fraction of sp³-hybridized carbons (Fsp3) is 0.533. The van der Waals surface area contributed by atoms with Crippen molar-refractivity contribution in [2.24, 2.45) is 0 Å². The van der Waals surface area contributed by atoms with Crippen molar-refractivity contribution in [3.8, 4) is 5.75 Å². The molecule has 1 aromatic rings. The zero-order valence-corrected chi connectivity index (χ0v) is 12.4. The summed E-state index contributed by atoms with van der Waals surface area (Å²) in [6.45, 7) is 5.08. The molecule has 0 aliphatic carbocycles. The molecule has 20 heavy (non-hydrogen) atoms. The van der Waals surface area contributed by atoms with Crippen molar-refractivity contribution in [3.05, 3.63) is 29.8 Å². The van der Waals surface area contributed by atoms with Gasteiger partial charge in [0.15, 0.2) is 0 Å². The number of hydrogen-bond donors (Lipinski definition) is 2. The van der Waals surface area contributed by atoms with Gasteiger partial charge in [-0.1, -0.05) is 18.2 Å². The molecule has 0 heterocycles. The predicted molar refractivity (Wildman–Crippen MR) is 79.0 cm³/mol. The van der Waals surface area contributed by atoms with E-state index in [9.17, 15) is 9.90 Å². The van der Waals surface area contributed by atoms with Gasteiger partial charge in [-0.25, -0.2) is 4.79 Å². The van der Waals surface area contributed by atoms with E-state index in [0.717, 1.165) is 11.3 Å². The standard InChI is InChI=1S/C15H24N2O3/c1-4-20-14-8-6-5-7-13(14)9-10-16-15(19)17(3)11-12(2)18/h5-8,12,18H,4,9-11H2,1-3H3,(H,16,19). The van der Waals surface area contributed by atoms with Gasteiger partial charge in [0.2, 0.25) is 0 Å². The number of aliphatic hydroxyl groups is 1. The Morgan fingerprint density at radius 3 is 2.80 bits per heavy atom. The Hall–Kier alpha value is -1.75. The van der Waals surface area contributed by atoms with Crippen LogP contribution in [0.15, 0.2) is 24.3 Å². The number of carbonyl (C=O) groups excluding carboxylic acids is 1. The van der Waals surface area contributed by atoms with E-state index in [0.29, 0.717) is 26.1 Å². The molecule has 112 valence electrons. The van der Waals surface area contributed by atoms with Gasteiger partial charge < -0.3 is 20.1 Å². The fourth-order valence-electron chi connectivity index (χ4n) is 1.92. The van der Waals surface area contributed by atoms with Crippen LogP contribution in [0.25, 0.3) is 0 Å². The number of likely N-dealkylation sites (N-methyl/N-ethyl adjacent to an activating group) is 1. The van der Waals surface area contributed by atoms with Gasteiger partial charge in [-0.05, 0) is 31.9 Å². The third kappa shape index (κ3) is 5.48. The number of amides is 2. The second-order valence-electron chi connectivity index (χ2n) is 4.75. The third-order valence-electron chi connectivity index (χ3n) is 2.83. The Bertz CT molecular complexity index is 421. The van der Waals surface area contributed by atoms with Crippen molar-refractivity contribution in [1.82, 2.24) is 10.2 Å². The maximum atomic E-state index is 11.8. The van der Waals surface area contributed by atoms with Gasteiger partial charge in [0.1, 0.15) is 5.75 Å². The number of nitrogens with one attached hydrogen (secondary N) is 1. The zero-order valence-electron chi connectivity index (χ0n) is 12.4. The van der Waals surface area contributed by atoms with E-state index >= 15 is 0 Å². The summed E-state index contributed by atoms with van der Waals surface area (Å²) in [6, 6.07) is 7.64. The minimum absolute atomic E-state index is 0.181. The molecule has 2 amide bonds. The Morgan fingerprint density at radius 1 is 1.45 bits per heavy atom. The third-order valence-corrected chi connectivity index (χ3v) is 2.83. The molecule has 0 radical (unpaired) electrons. The first kappa shape index (κ1) is 16.3. The van der Waals surface area contributed by atoms with Crippen LogP contribution >= 0.6 is 0 Å². The van der Waals surface area contributed by atoms with Gasteiger partial charge in [-0.2, -0.15) is 0 Å². The monoisotopic (exact) mass is 280 g/mol. The highest BCUT2D eigenvalue weighted by molar-refractivity contribution is 5.73. The summed E-state index contributed by atoms with van der Waals surface area (Å²) < 4.78 is 5.54. The van der Waals surface area contributed by atoms with Crippen molar-refractivity contribution in [2.45, 2.75) is 26.4 Å². The van der Waals surface area contributed by atoms with Crippen LogP contribution in [0.4, 0.5) is 4.79 Å². The van der Waals surface area contributed by atoms with E-state index in [2.05, 4.69) is 5.32 Å². The van der Waals surface area contributed by atoms with Crippen LogP contribution in [0.2, 0.25) is 0 Å². The smallest absolute Gasteiger partial charge is 0.317 e. The highest BCUT2D eigenvalue weighted by Gasteiger charge is 2.10. The molecule has 5 nitrogen and oxygen atoms in total. The van der Waals surface area contributed by atoms with Gasteiger partial charge in [0.25, 0.3) is 0 Å². The fourth-order valence-corrected chi connectivity index (χ4v) is 1.92. The first-order valence-corrected chi connectivity index (χ1v) is 6.92. The number of rotatable bonds is 7. The van der Waals surface area contributed by atoms with E-state index in [-0.39, 0.29) is 6.03 Å². The Morgan fingerprint density at radius 2 is 2.15 bits per heavy atom. The van der Waals surface area contributed by atoms with Crippen molar-refractivity contribution in [3.63, 3.8) is 0 Å². The molecule has 2 N–H and O–H groups in total. The molecule has 0 spiro atoms. The number of nitrogens with zero attached hydrogens (tertiary/aromatic N) is 1. The lowest BCUT2D eigenvalue weighted by molar-refractivity contribution is 0.144. The van der Waals surface area contributed by atoms with Crippen LogP contribution in [0, 0.1) is 0 Å². The van der Waals surface area contributed by atoms with Crippen LogP contribution in [0.1, 0.15) is 19.4 Å². The van der Waals surface area contributed by atoms with E-state index in [1.165, 1.54) is 4.90 Å². The molecule has 0 saturated carbocycles. The molecule has 1 atom stereocenters. The lowest BCUT2D eigenvalue weighted by Crippen LogP contribution is -2.41. The normalized spacial score (nSPS) is 11.8. The Kier molecular flexibility index (Phi) is 6.87. The molecule has 0 aliphatic rings. The van der Waals surface area contributed by atoms with Gasteiger partial charge in [-0.15, -0.1) is 0 Å². The number of para-hydroxylation sites is 1. The number of carbonyl (C=O) groups is 1. The molecule has 1 unspecified atom stereocenters.